The molecule has 3 N–H and O–H groups in total. The molecule has 0 radical (unpaired) electrons. The molecule has 0 spiro atoms. The lowest BCUT2D eigenvalue weighted by Crippen LogP contribution is -2.27. The van der Waals surface area contributed by atoms with E-state index in [1.165, 1.54) is 11.1 Å². The Kier molecular flexibility index (Phi) is 8.32. The standard InChI is InChI=1S/C30H33NO4/c31-30(34)24(17-18-25(21-9-3-1-4-10-21)22-11-5-2-6-12-22)19-23-13-7-15-27-26(23)14-8-16-28(27)35-29(33)20-32/h1-6,8-12,14,16,23-25,32H,7,13,15,17-20H2,(H2,31,34). The number of benzene rings is 3. The second-order valence-corrected chi connectivity index (χ2v) is 9.33. The van der Waals surface area contributed by atoms with E-state index in [2.05, 4.69) is 54.6 Å². The third-order valence-corrected chi connectivity index (χ3v) is 7.12. The van der Waals surface area contributed by atoms with Crippen molar-refractivity contribution in [1.82, 2.24) is 0 Å². The maximum atomic E-state index is 12.5. The quantitative estimate of drug-likeness (QED) is 0.318. The summed E-state index contributed by atoms with van der Waals surface area (Å²) in [5.41, 5.74) is 10.5. The molecule has 0 aromatic heterocycles. The number of amides is 1. The van der Waals surface area contributed by atoms with Crippen LogP contribution in [0.2, 0.25) is 0 Å². The van der Waals surface area contributed by atoms with E-state index in [1.807, 2.05) is 18.2 Å². The zero-order chi connectivity index (χ0) is 24.6. The van der Waals surface area contributed by atoms with Crippen molar-refractivity contribution < 1.29 is 19.4 Å². The Morgan fingerprint density at radius 1 is 0.914 bits per heavy atom. The smallest absolute Gasteiger partial charge is 0.337 e. The van der Waals surface area contributed by atoms with E-state index in [0.717, 1.165) is 36.8 Å². The van der Waals surface area contributed by atoms with Crippen LogP contribution in [0.4, 0.5) is 0 Å². The number of aliphatic hydroxyl groups excluding tert-OH is 1. The van der Waals surface area contributed by atoms with Gasteiger partial charge in [0.25, 0.3) is 0 Å². The van der Waals surface area contributed by atoms with Crippen LogP contribution in [-0.4, -0.2) is 23.6 Å². The highest BCUT2D eigenvalue weighted by Gasteiger charge is 2.29. The summed E-state index contributed by atoms with van der Waals surface area (Å²) in [6, 6.07) is 26.5. The molecule has 1 aliphatic rings. The van der Waals surface area contributed by atoms with Gasteiger partial charge in [0, 0.05) is 11.8 Å². The molecule has 5 heteroatoms. The van der Waals surface area contributed by atoms with E-state index in [1.54, 1.807) is 6.07 Å². The molecule has 0 bridgehead atoms. The summed E-state index contributed by atoms with van der Waals surface area (Å²) >= 11 is 0. The summed E-state index contributed by atoms with van der Waals surface area (Å²) < 4.78 is 5.36. The van der Waals surface area contributed by atoms with Crippen molar-refractivity contribution >= 4 is 11.9 Å². The van der Waals surface area contributed by atoms with Crippen molar-refractivity contribution in [3.05, 3.63) is 101 Å². The van der Waals surface area contributed by atoms with Crippen molar-refractivity contribution in [3.8, 4) is 5.75 Å². The fraction of sp³-hybridized carbons (Fsp3) is 0.333. The van der Waals surface area contributed by atoms with Gasteiger partial charge in [-0.1, -0.05) is 72.8 Å². The third-order valence-electron chi connectivity index (χ3n) is 7.12. The largest absolute Gasteiger partial charge is 0.425 e. The number of hydrogen-bond acceptors (Lipinski definition) is 4. The number of carbonyl (C=O) groups is 2. The summed E-state index contributed by atoms with van der Waals surface area (Å²) in [4.78, 5) is 24.2. The predicted molar refractivity (Wildman–Crippen MR) is 136 cm³/mol. The molecular weight excluding hydrogens is 438 g/mol. The Balaban J connectivity index is 1.52. The van der Waals surface area contributed by atoms with Crippen molar-refractivity contribution in [2.45, 2.75) is 50.4 Å². The zero-order valence-electron chi connectivity index (χ0n) is 19.9. The lowest BCUT2D eigenvalue weighted by Gasteiger charge is -2.29. The molecule has 2 unspecified atom stereocenters. The van der Waals surface area contributed by atoms with Crippen LogP contribution >= 0.6 is 0 Å². The minimum absolute atomic E-state index is 0.177. The Morgan fingerprint density at radius 3 is 2.17 bits per heavy atom. The van der Waals surface area contributed by atoms with Crippen LogP contribution in [0.15, 0.2) is 78.9 Å². The number of nitrogens with two attached hydrogens (primary N) is 1. The fourth-order valence-electron chi connectivity index (χ4n) is 5.39. The van der Waals surface area contributed by atoms with E-state index in [-0.39, 0.29) is 23.7 Å². The molecule has 0 saturated carbocycles. The van der Waals surface area contributed by atoms with Crippen molar-refractivity contribution in [3.63, 3.8) is 0 Å². The molecule has 5 nitrogen and oxygen atoms in total. The first-order valence-corrected chi connectivity index (χ1v) is 12.4. The van der Waals surface area contributed by atoms with Crippen LogP contribution in [-0.2, 0) is 16.0 Å². The minimum Gasteiger partial charge on any atom is -0.425 e. The maximum absolute atomic E-state index is 12.5. The molecule has 0 fully saturated rings. The fourth-order valence-corrected chi connectivity index (χ4v) is 5.39. The summed E-state index contributed by atoms with van der Waals surface area (Å²) in [7, 11) is 0. The van der Waals surface area contributed by atoms with Gasteiger partial charge in [0.05, 0.1) is 0 Å². The van der Waals surface area contributed by atoms with Gasteiger partial charge in [-0.25, -0.2) is 4.79 Å². The summed E-state index contributed by atoms with van der Waals surface area (Å²) in [5, 5.41) is 9.07. The lowest BCUT2D eigenvalue weighted by atomic mass is 9.76. The van der Waals surface area contributed by atoms with Crippen LogP contribution in [0.25, 0.3) is 0 Å². The molecule has 4 rings (SSSR count). The Hall–Kier alpha value is -3.44. The van der Waals surface area contributed by atoms with Crippen LogP contribution in [0.3, 0.4) is 0 Å². The van der Waals surface area contributed by atoms with Crippen LogP contribution in [0, 0.1) is 5.92 Å². The van der Waals surface area contributed by atoms with Gasteiger partial charge in [0.2, 0.25) is 5.91 Å². The molecule has 1 amide bonds. The normalized spacial score (nSPS) is 15.9. The van der Waals surface area contributed by atoms with Gasteiger partial charge < -0.3 is 15.6 Å². The monoisotopic (exact) mass is 471 g/mol. The molecule has 0 aliphatic heterocycles. The van der Waals surface area contributed by atoms with Crippen LogP contribution < -0.4 is 10.5 Å². The first-order valence-electron chi connectivity index (χ1n) is 12.4. The number of carbonyl (C=O) groups excluding carboxylic acids is 2. The first-order chi connectivity index (χ1) is 17.1. The van der Waals surface area contributed by atoms with E-state index >= 15 is 0 Å². The predicted octanol–water partition coefficient (Wildman–Crippen LogP) is 5.11. The van der Waals surface area contributed by atoms with Crippen LogP contribution in [0.1, 0.15) is 66.2 Å². The molecular formula is C30H33NO4. The average Bonchev–Trinajstić information content (AvgIpc) is 2.89. The minimum atomic E-state index is -0.664. The zero-order valence-corrected chi connectivity index (χ0v) is 19.9. The van der Waals surface area contributed by atoms with E-state index in [4.69, 9.17) is 15.6 Å². The van der Waals surface area contributed by atoms with Crippen molar-refractivity contribution in [2.24, 2.45) is 11.7 Å². The molecule has 3 aromatic carbocycles. The number of fused-ring (bicyclic) bond motifs is 1. The summed E-state index contributed by atoms with van der Waals surface area (Å²) in [5.74, 6) is -0.291. The highest BCUT2D eigenvalue weighted by molar-refractivity contribution is 5.77. The van der Waals surface area contributed by atoms with Gasteiger partial charge in [-0.2, -0.15) is 0 Å². The maximum Gasteiger partial charge on any atom is 0.337 e. The third kappa shape index (κ3) is 6.17. The SMILES string of the molecule is NC(=O)C(CCC(c1ccccc1)c1ccccc1)CC1CCCc2c(OC(=O)CO)cccc21. The molecule has 182 valence electrons. The molecule has 35 heavy (non-hydrogen) atoms. The Labute approximate surface area is 206 Å². The first kappa shape index (κ1) is 24.7. The number of primary amides is 1. The Morgan fingerprint density at radius 2 is 1.57 bits per heavy atom. The van der Waals surface area contributed by atoms with Gasteiger partial charge in [-0.05, 0) is 72.8 Å². The molecule has 1 aliphatic carbocycles. The van der Waals surface area contributed by atoms with Crippen LogP contribution in [0.5, 0.6) is 5.75 Å². The van der Waals surface area contributed by atoms with Crippen molar-refractivity contribution in [2.75, 3.05) is 6.61 Å². The van der Waals surface area contributed by atoms with Gasteiger partial charge in [-0.3, -0.25) is 4.79 Å². The van der Waals surface area contributed by atoms with E-state index < -0.39 is 12.6 Å². The molecule has 3 aromatic rings. The topological polar surface area (TPSA) is 89.6 Å². The summed E-state index contributed by atoms with van der Waals surface area (Å²) in [6.45, 7) is -0.652. The highest BCUT2D eigenvalue weighted by Crippen LogP contribution is 2.41. The Bertz CT molecular complexity index is 1090. The average molecular weight is 472 g/mol. The number of rotatable bonds is 10. The second-order valence-electron chi connectivity index (χ2n) is 9.33. The summed E-state index contributed by atoms with van der Waals surface area (Å²) in [6.07, 6.45) is 4.94. The van der Waals surface area contributed by atoms with E-state index in [0.29, 0.717) is 18.6 Å². The van der Waals surface area contributed by atoms with Gasteiger partial charge >= 0.3 is 5.97 Å². The molecule has 2 atom stereocenters. The van der Waals surface area contributed by atoms with Gasteiger partial charge in [0.15, 0.2) is 0 Å². The number of ether oxygens (including phenoxy) is 1. The molecule has 0 saturated heterocycles. The lowest BCUT2D eigenvalue weighted by molar-refractivity contribution is -0.137. The number of hydrogen-bond donors (Lipinski definition) is 2. The van der Waals surface area contributed by atoms with Gasteiger partial charge in [0.1, 0.15) is 12.4 Å². The molecule has 0 heterocycles. The van der Waals surface area contributed by atoms with Crippen molar-refractivity contribution in [1.29, 1.82) is 0 Å². The number of esters is 1. The number of aliphatic hydroxyl groups is 1. The highest BCUT2D eigenvalue weighted by atomic mass is 16.5. The van der Waals surface area contributed by atoms with E-state index in [9.17, 15) is 9.59 Å². The second kappa shape index (κ2) is 11.8. The van der Waals surface area contributed by atoms with Gasteiger partial charge in [-0.15, -0.1) is 0 Å².